The standard InChI is InChI=1S/C12H9N3O2/c1-13-10(12(16)17-2)7-15-8-14-9-5-3-4-6-11(9)15/h3-8H,2H3. The first-order chi connectivity index (χ1) is 8.26. The van der Waals surface area contributed by atoms with Crippen LogP contribution in [0.1, 0.15) is 0 Å². The van der Waals surface area contributed by atoms with Crippen LogP contribution in [0.2, 0.25) is 0 Å². The van der Waals surface area contributed by atoms with E-state index in [1.165, 1.54) is 13.3 Å². The summed E-state index contributed by atoms with van der Waals surface area (Å²) >= 11 is 0. The van der Waals surface area contributed by atoms with Crippen LogP contribution in [0.15, 0.2) is 36.3 Å². The summed E-state index contributed by atoms with van der Waals surface area (Å²) in [4.78, 5) is 18.6. The van der Waals surface area contributed by atoms with Gasteiger partial charge in [0.25, 0.3) is 5.70 Å². The van der Waals surface area contributed by atoms with E-state index in [1.807, 2.05) is 24.3 Å². The summed E-state index contributed by atoms with van der Waals surface area (Å²) in [6.07, 6.45) is 2.97. The zero-order chi connectivity index (χ0) is 12.3. The molecule has 1 heterocycles. The lowest BCUT2D eigenvalue weighted by Crippen LogP contribution is -2.02. The Morgan fingerprint density at radius 1 is 1.53 bits per heavy atom. The maximum atomic E-state index is 11.3. The average Bonchev–Trinajstić information content (AvgIpc) is 2.78. The van der Waals surface area contributed by atoms with Gasteiger partial charge < -0.3 is 9.30 Å². The van der Waals surface area contributed by atoms with E-state index in [0.717, 1.165) is 11.0 Å². The monoisotopic (exact) mass is 227 g/mol. The van der Waals surface area contributed by atoms with Crippen LogP contribution in [0, 0.1) is 6.57 Å². The van der Waals surface area contributed by atoms with E-state index >= 15 is 0 Å². The van der Waals surface area contributed by atoms with Gasteiger partial charge in [-0.15, -0.1) is 0 Å². The second-order valence-corrected chi connectivity index (χ2v) is 3.26. The van der Waals surface area contributed by atoms with Gasteiger partial charge in [0.15, 0.2) is 0 Å². The molecule has 0 saturated heterocycles. The van der Waals surface area contributed by atoms with Crippen LogP contribution < -0.4 is 0 Å². The molecule has 2 rings (SSSR count). The predicted molar refractivity (Wildman–Crippen MR) is 62.6 cm³/mol. The van der Waals surface area contributed by atoms with E-state index in [-0.39, 0.29) is 5.70 Å². The first-order valence-corrected chi connectivity index (χ1v) is 4.85. The van der Waals surface area contributed by atoms with E-state index in [2.05, 4.69) is 14.6 Å². The van der Waals surface area contributed by atoms with Crippen LogP contribution in [-0.2, 0) is 9.53 Å². The maximum absolute atomic E-state index is 11.3. The van der Waals surface area contributed by atoms with Crippen molar-refractivity contribution in [1.82, 2.24) is 9.55 Å². The van der Waals surface area contributed by atoms with E-state index < -0.39 is 5.97 Å². The molecule has 0 aliphatic rings. The number of aromatic nitrogens is 2. The second-order valence-electron chi connectivity index (χ2n) is 3.26. The van der Waals surface area contributed by atoms with Crippen molar-refractivity contribution >= 4 is 23.2 Å². The highest BCUT2D eigenvalue weighted by Crippen LogP contribution is 2.13. The van der Waals surface area contributed by atoms with E-state index in [9.17, 15) is 4.79 Å². The summed E-state index contributed by atoms with van der Waals surface area (Å²) in [6.45, 7) is 6.93. The fraction of sp³-hybridized carbons (Fsp3) is 0.0833. The summed E-state index contributed by atoms with van der Waals surface area (Å²) in [5, 5.41) is 0. The minimum atomic E-state index is -0.655. The number of hydrogen-bond acceptors (Lipinski definition) is 3. The number of hydrogen-bond donors (Lipinski definition) is 0. The zero-order valence-electron chi connectivity index (χ0n) is 9.12. The molecule has 0 unspecified atom stereocenters. The van der Waals surface area contributed by atoms with E-state index in [1.54, 1.807) is 10.9 Å². The minimum Gasteiger partial charge on any atom is -0.474 e. The van der Waals surface area contributed by atoms with Gasteiger partial charge in [0, 0.05) is 6.20 Å². The average molecular weight is 227 g/mol. The molecule has 0 saturated carbocycles. The highest BCUT2D eigenvalue weighted by molar-refractivity contribution is 5.94. The molecule has 0 radical (unpaired) electrons. The molecule has 1 aromatic carbocycles. The summed E-state index contributed by atoms with van der Waals surface area (Å²) in [5.74, 6) is -0.655. The number of esters is 1. The van der Waals surface area contributed by atoms with Gasteiger partial charge in [-0.1, -0.05) is 12.1 Å². The first-order valence-electron chi connectivity index (χ1n) is 4.85. The Labute approximate surface area is 97.8 Å². The number of para-hydroxylation sites is 2. The molecule has 0 atom stereocenters. The number of carbonyl (C=O) groups excluding carboxylic acids is 1. The Balaban J connectivity index is 2.51. The highest BCUT2D eigenvalue weighted by atomic mass is 16.5. The molecule has 2 aromatic rings. The molecule has 0 bridgehead atoms. The zero-order valence-corrected chi connectivity index (χ0v) is 9.12. The lowest BCUT2D eigenvalue weighted by molar-refractivity contribution is -0.135. The number of fused-ring (bicyclic) bond motifs is 1. The number of benzene rings is 1. The Bertz CT molecular complexity index is 634. The lowest BCUT2D eigenvalue weighted by atomic mass is 10.3. The topological polar surface area (TPSA) is 48.5 Å². The van der Waals surface area contributed by atoms with Gasteiger partial charge >= 0.3 is 5.97 Å². The number of ether oxygens (including phenoxy) is 1. The van der Waals surface area contributed by atoms with E-state index in [4.69, 9.17) is 6.57 Å². The van der Waals surface area contributed by atoms with Crippen LogP contribution in [0.5, 0.6) is 0 Å². The van der Waals surface area contributed by atoms with Crippen molar-refractivity contribution in [3.8, 4) is 0 Å². The molecule has 5 nitrogen and oxygen atoms in total. The van der Waals surface area contributed by atoms with Crippen molar-refractivity contribution < 1.29 is 9.53 Å². The van der Waals surface area contributed by atoms with Crippen molar-refractivity contribution in [2.75, 3.05) is 7.11 Å². The van der Waals surface area contributed by atoms with Crippen LogP contribution in [-0.4, -0.2) is 22.6 Å². The molecule has 0 amide bonds. The van der Waals surface area contributed by atoms with Crippen molar-refractivity contribution in [2.24, 2.45) is 0 Å². The summed E-state index contributed by atoms with van der Waals surface area (Å²) < 4.78 is 6.13. The number of imidazole rings is 1. The molecule has 0 N–H and O–H groups in total. The van der Waals surface area contributed by atoms with Crippen molar-refractivity contribution in [1.29, 1.82) is 0 Å². The summed E-state index contributed by atoms with van der Waals surface area (Å²) in [5.41, 5.74) is 1.55. The number of nitrogens with zero attached hydrogens (tertiary/aromatic N) is 3. The van der Waals surface area contributed by atoms with Crippen LogP contribution in [0.25, 0.3) is 22.1 Å². The maximum Gasteiger partial charge on any atom is 0.337 e. The predicted octanol–water partition coefficient (Wildman–Crippen LogP) is 1.93. The normalized spacial score (nSPS) is 11.2. The van der Waals surface area contributed by atoms with Gasteiger partial charge in [0.05, 0.1) is 31.0 Å². The SMILES string of the molecule is [C-]#[N+]C(=Cn1cnc2ccccc21)C(=O)OC. The second kappa shape index (κ2) is 4.49. The molecule has 0 aliphatic carbocycles. The van der Waals surface area contributed by atoms with Gasteiger partial charge in [0.1, 0.15) is 0 Å². The third kappa shape index (κ3) is 2.01. The third-order valence-corrected chi connectivity index (χ3v) is 2.26. The van der Waals surface area contributed by atoms with Crippen molar-refractivity contribution in [3.05, 3.63) is 47.7 Å². The Morgan fingerprint density at radius 2 is 2.29 bits per heavy atom. The fourth-order valence-corrected chi connectivity index (χ4v) is 1.44. The number of carbonyl (C=O) groups is 1. The van der Waals surface area contributed by atoms with Crippen LogP contribution in [0.3, 0.4) is 0 Å². The molecular formula is C12H9N3O2. The molecular weight excluding hydrogens is 218 g/mol. The summed E-state index contributed by atoms with van der Waals surface area (Å²) in [7, 11) is 1.24. The number of rotatable bonds is 2. The third-order valence-electron chi connectivity index (χ3n) is 2.26. The van der Waals surface area contributed by atoms with Crippen molar-refractivity contribution in [2.45, 2.75) is 0 Å². The van der Waals surface area contributed by atoms with Gasteiger partial charge in [-0.3, -0.25) is 4.79 Å². The minimum absolute atomic E-state index is 0.0874. The molecule has 0 fully saturated rings. The summed E-state index contributed by atoms with van der Waals surface area (Å²) in [6, 6.07) is 7.45. The molecule has 0 aliphatic heterocycles. The quantitative estimate of drug-likeness (QED) is 0.447. The largest absolute Gasteiger partial charge is 0.474 e. The smallest absolute Gasteiger partial charge is 0.337 e. The van der Waals surface area contributed by atoms with Crippen LogP contribution in [0.4, 0.5) is 0 Å². The molecule has 84 valence electrons. The Kier molecular flexibility index (Phi) is 2.88. The van der Waals surface area contributed by atoms with Gasteiger partial charge in [0.2, 0.25) is 0 Å². The number of methoxy groups -OCH3 is 1. The first kappa shape index (κ1) is 10.9. The lowest BCUT2D eigenvalue weighted by Gasteiger charge is -1.98. The Hall–Kier alpha value is -2.61. The van der Waals surface area contributed by atoms with Crippen molar-refractivity contribution in [3.63, 3.8) is 0 Å². The molecule has 0 spiro atoms. The molecule has 5 heteroatoms. The van der Waals surface area contributed by atoms with Gasteiger partial charge in [-0.05, 0) is 12.1 Å². The highest BCUT2D eigenvalue weighted by Gasteiger charge is 2.10. The van der Waals surface area contributed by atoms with Crippen LogP contribution >= 0.6 is 0 Å². The fourth-order valence-electron chi connectivity index (χ4n) is 1.44. The molecule has 1 aromatic heterocycles. The van der Waals surface area contributed by atoms with E-state index in [0.29, 0.717) is 0 Å². The Morgan fingerprint density at radius 3 is 3.00 bits per heavy atom. The van der Waals surface area contributed by atoms with Gasteiger partial charge in [-0.25, -0.2) is 9.83 Å². The van der Waals surface area contributed by atoms with Gasteiger partial charge in [-0.2, -0.15) is 0 Å². The molecule has 17 heavy (non-hydrogen) atoms.